The van der Waals surface area contributed by atoms with E-state index in [1.54, 1.807) is 19.2 Å². The average molecular weight is 275 g/mol. The van der Waals surface area contributed by atoms with Gasteiger partial charge in [0.1, 0.15) is 0 Å². The number of nitrogens with one attached hydrogen (secondary N) is 1. The Morgan fingerprint density at radius 1 is 1.05 bits per heavy atom. The number of ether oxygens (including phenoxy) is 2. The van der Waals surface area contributed by atoms with E-state index >= 15 is 0 Å². The van der Waals surface area contributed by atoms with Crippen molar-refractivity contribution in [3.8, 4) is 17.2 Å². The number of benzene rings is 2. The zero-order valence-corrected chi connectivity index (χ0v) is 11.9. The van der Waals surface area contributed by atoms with Crippen LogP contribution >= 0.6 is 0 Å². The van der Waals surface area contributed by atoms with Crippen molar-refractivity contribution in [2.24, 2.45) is 0 Å². The van der Waals surface area contributed by atoms with Crippen molar-refractivity contribution >= 4 is 0 Å². The van der Waals surface area contributed by atoms with Crippen LogP contribution in [0.5, 0.6) is 17.2 Å². The summed E-state index contributed by atoms with van der Waals surface area (Å²) in [5, 5.41) is 2.98. The second-order valence-corrected chi connectivity index (χ2v) is 4.55. The Bertz CT molecular complexity index is 599. The van der Waals surface area contributed by atoms with E-state index in [0.29, 0.717) is 18.0 Å². The molecule has 0 amide bonds. The number of halogens is 1. The molecule has 0 aliphatic rings. The molecule has 0 heterocycles. The summed E-state index contributed by atoms with van der Waals surface area (Å²) in [6, 6.07) is 10.4. The van der Waals surface area contributed by atoms with Crippen molar-refractivity contribution in [3.63, 3.8) is 0 Å². The molecule has 1 N–H and O–H groups in total. The van der Waals surface area contributed by atoms with Gasteiger partial charge in [0.25, 0.3) is 0 Å². The van der Waals surface area contributed by atoms with E-state index in [1.807, 2.05) is 32.2 Å². The van der Waals surface area contributed by atoms with Crippen LogP contribution in [-0.4, -0.2) is 14.2 Å². The maximum atomic E-state index is 14.0. The fraction of sp³-hybridized carbons (Fsp3) is 0.250. The van der Waals surface area contributed by atoms with Crippen molar-refractivity contribution < 1.29 is 13.9 Å². The van der Waals surface area contributed by atoms with Crippen LogP contribution in [0.25, 0.3) is 0 Å². The normalized spacial score (nSPS) is 10.4. The number of methoxy groups -OCH3 is 1. The summed E-state index contributed by atoms with van der Waals surface area (Å²) in [6.45, 7) is 2.57. The fourth-order valence-corrected chi connectivity index (χ4v) is 1.92. The fourth-order valence-electron chi connectivity index (χ4n) is 1.92. The third kappa shape index (κ3) is 3.27. The van der Waals surface area contributed by atoms with Gasteiger partial charge in [0.05, 0.1) is 7.11 Å². The van der Waals surface area contributed by atoms with Crippen LogP contribution in [0.1, 0.15) is 11.1 Å². The second kappa shape index (κ2) is 6.39. The smallest absolute Gasteiger partial charge is 0.169 e. The lowest BCUT2D eigenvalue weighted by Gasteiger charge is -2.12. The second-order valence-electron chi connectivity index (χ2n) is 4.55. The van der Waals surface area contributed by atoms with E-state index in [4.69, 9.17) is 9.47 Å². The molecule has 0 aromatic heterocycles. The van der Waals surface area contributed by atoms with Crippen molar-refractivity contribution in [2.45, 2.75) is 13.5 Å². The molecule has 0 spiro atoms. The molecule has 106 valence electrons. The summed E-state index contributed by atoms with van der Waals surface area (Å²) < 4.78 is 24.8. The van der Waals surface area contributed by atoms with Crippen LogP contribution in [0.15, 0.2) is 36.4 Å². The molecule has 3 nitrogen and oxygen atoms in total. The monoisotopic (exact) mass is 275 g/mol. The van der Waals surface area contributed by atoms with E-state index < -0.39 is 0 Å². The predicted molar refractivity (Wildman–Crippen MR) is 77.0 cm³/mol. The molecule has 0 saturated heterocycles. The molecule has 0 atom stereocenters. The third-order valence-corrected chi connectivity index (χ3v) is 2.92. The van der Waals surface area contributed by atoms with Crippen LogP contribution in [0.3, 0.4) is 0 Å². The van der Waals surface area contributed by atoms with E-state index in [2.05, 4.69) is 5.32 Å². The SMILES string of the molecule is CNCc1ccc(Oc2ccc(C)cc2OC)c(F)c1. The van der Waals surface area contributed by atoms with E-state index in [9.17, 15) is 4.39 Å². The number of aryl methyl sites for hydroxylation is 1. The highest BCUT2D eigenvalue weighted by molar-refractivity contribution is 5.45. The van der Waals surface area contributed by atoms with Gasteiger partial charge in [-0.1, -0.05) is 12.1 Å². The van der Waals surface area contributed by atoms with Gasteiger partial charge in [0, 0.05) is 6.54 Å². The summed E-state index contributed by atoms with van der Waals surface area (Å²) in [7, 11) is 3.38. The topological polar surface area (TPSA) is 30.5 Å². The molecular weight excluding hydrogens is 257 g/mol. The van der Waals surface area contributed by atoms with Crippen molar-refractivity contribution in [3.05, 3.63) is 53.3 Å². The Morgan fingerprint density at radius 2 is 1.80 bits per heavy atom. The van der Waals surface area contributed by atoms with Crippen molar-refractivity contribution in [2.75, 3.05) is 14.2 Å². The minimum absolute atomic E-state index is 0.187. The molecule has 0 bridgehead atoms. The number of hydrogen-bond donors (Lipinski definition) is 1. The molecule has 0 fully saturated rings. The minimum Gasteiger partial charge on any atom is -0.493 e. The summed E-state index contributed by atoms with van der Waals surface area (Å²) in [6.07, 6.45) is 0. The lowest BCUT2D eigenvalue weighted by Crippen LogP contribution is -2.05. The van der Waals surface area contributed by atoms with Crippen LogP contribution < -0.4 is 14.8 Å². The maximum absolute atomic E-state index is 14.0. The summed E-state index contributed by atoms with van der Waals surface area (Å²) in [4.78, 5) is 0. The van der Waals surface area contributed by atoms with Gasteiger partial charge in [-0.3, -0.25) is 0 Å². The molecule has 2 aromatic carbocycles. The largest absolute Gasteiger partial charge is 0.493 e. The van der Waals surface area contributed by atoms with Gasteiger partial charge in [0.2, 0.25) is 0 Å². The first-order valence-corrected chi connectivity index (χ1v) is 6.39. The first-order valence-electron chi connectivity index (χ1n) is 6.39. The number of rotatable bonds is 5. The lowest BCUT2D eigenvalue weighted by atomic mass is 10.2. The first-order chi connectivity index (χ1) is 9.63. The molecule has 4 heteroatoms. The summed E-state index contributed by atoms with van der Waals surface area (Å²) >= 11 is 0. The third-order valence-electron chi connectivity index (χ3n) is 2.92. The van der Waals surface area contributed by atoms with E-state index in [-0.39, 0.29) is 11.6 Å². The first kappa shape index (κ1) is 14.3. The van der Waals surface area contributed by atoms with Gasteiger partial charge in [-0.25, -0.2) is 4.39 Å². The molecule has 0 aliphatic carbocycles. The molecule has 0 aliphatic heterocycles. The van der Waals surface area contributed by atoms with Gasteiger partial charge in [-0.2, -0.15) is 0 Å². The highest BCUT2D eigenvalue weighted by atomic mass is 19.1. The Morgan fingerprint density at radius 3 is 2.45 bits per heavy atom. The van der Waals surface area contributed by atoms with Crippen LogP contribution in [0.2, 0.25) is 0 Å². The zero-order valence-electron chi connectivity index (χ0n) is 11.9. The lowest BCUT2D eigenvalue weighted by molar-refractivity contribution is 0.370. The van der Waals surface area contributed by atoms with E-state index in [0.717, 1.165) is 11.1 Å². The van der Waals surface area contributed by atoms with Gasteiger partial charge >= 0.3 is 0 Å². The standard InChI is InChI=1S/C16H18FNO2/c1-11-4-6-15(16(8-11)19-3)20-14-7-5-12(10-18-2)9-13(14)17/h4-9,18H,10H2,1-3H3. The van der Waals surface area contributed by atoms with Gasteiger partial charge in [-0.05, 0) is 49.4 Å². The molecule has 2 rings (SSSR count). The van der Waals surface area contributed by atoms with Crippen LogP contribution in [0, 0.1) is 12.7 Å². The Labute approximate surface area is 118 Å². The molecule has 20 heavy (non-hydrogen) atoms. The van der Waals surface area contributed by atoms with Crippen LogP contribution in [0.4, 0.5) is 4.39 Å². The minimum atomic E-state index is -0.389. The van der Waals surface area contributed by atoms with Gasteiger partial charge in [0.15, 0.2) is 23.1 Å². The summed E-state index contributed by atoms with van der Waals surface area (Å²) in [5.41, 5.74) is 1.92. The molecule has 0 unspecified atom stereocenters. The van der Waals surface area contributed by atoms with E-state index in [1.165, 1.54) is 6.07 Å². The molecule has 0 saturated carbocycles. The average Bonchev–Trinajstić information content (AvgIpc) is 2.43. The Hall–Kier alpha value is -2.07. The van der Waals surface area contributed by atoms with Gasteiger partial charge in [-0.15, -0.1) is 0 Å². The Balaban J connectivity index is 2.26. The van der Waals surface area contributed by atoms with Crippen molar-refractivity contribution in [1.82, 2.24) is 5.32 Å². The predicted octanol–water partition coefficient (Wildman–Crippen LogP) is 3.65. The molecular formula is C16H18FNO2. The Kier molecular flexibility index (Phi) is 4.58. The summed E-state index contributed by atoms with van der Waals surface area (Å²) in [5.74, 6) is 0.884. The molecule has 2 aromatic rings. The van der Waals surface area contributed by atoms with Gasteiger partial charge < -0.3 is 14.8 Å². The number of hydrogen-bond acceptors (Lipinski definition) is 3. The molecule has 0 radical (unpaired) electrons. The highest BCUT2D eigenvalue weighted by Crippen LogP contribution is 2.33. The zero-order chi connectivity index (χ0) is 14.5. The quantitative estimate of drug-likeness (QED) is 0.903. The van der Waals surface area contributed by atoms with Crippen molar-refractivity contribution in [1.29, 1.82) is 0 Å². The maximum Gasteiger partial charge on any atom is 0.169 e. The highest BCUT2D eigenvalue weighted by Gasteiger charge is 2.10. The van der Waals surface area contributed by atoms with Crippen LogP contribution in [-0.2, 0) is 6.54 Å².